The molecule has 0 aliphatic heterocycles. The molecular weight excluding hydrogens is 326 g/mol. The summed E-state index contributed by atoms with van der Waals surface area (Å²) in [4.78, 5) is 17.1. The van der Waals surface area contributed by atoms with E-state index in [4.69, 9.17) is 9.72 Å². The third-order valence-electron chi connectivity index (χ3n) is 4.26. The molecule has 1 N–H and O–H groups in total. The number of carbonyl (C=O) groups excluding carboxylic acids is 1. The standard InChI is InChI=1S/C21H25N3O2/c1-15(2)13-22-21(25)14-24-19-7-5-4-6-18(19)23-20(24)12-16-8-10-17(26-3)11-9-16/h4-11,15H,12-14H2,1-3H3,(H,22,25). The molecule has 0 saturated carbocycles. The number of fused-ring (bicyclic) bond motifs is 1. The molecular formula is C21H25N3O2. The highest BCUT2D eigenvalue weighted by molar-refractivity contribution is 5.81. The number of amides is 1. The number of carbonyl (C=O) groups is 1. The van der Waals surface area contributed by atoms with E-state index >= 15 is 0 Å². The number of aromatic nitrogens is 2. The van der Waals surface area contributed by atoms with Gasteiger partial charge in [-0.1, -0.05) is 38.1 Å². The predicted molar refractivity (Wildman–Crippen MR) is 103 cm³/mol. The van der Waals surface area contributed by atoms with Crippen molar-refractivity contribution in [2.75, 3.05) is 13.7 Å². The van der Waals surface area contributed by atoms with Gasteiger partial charge in [0, 0.05) is 13.0 Å². The van der Waals surface area contributed by atoms with Crippen molar-refractivity contribution in [1.82, 2.24) is 14.9 Å². The molecule has 0 unspecified atom stereocenters. The Hall–Kier alpha value is -2.82. The van der Waals surface area contributed by atoms with E-state index in [9.17, 15) is 4.79 Å². The van der Waals surface area contributed by atoms with Crippen LogP contribution in [0.4, 0.5) is 0 Å². The Bertz CT molecular complexity index is 882. The molecule has 5 heteroatoms. The van der Waals surface area contributed by atoms with Crippen LogP contribution in [0.3, 0.4) is 0 Å². The maximum absolute atomic E-state index is 12.4. The first-order valence-corrected chi connectivity index (χ1v) is 8.90. The van der Waals surface area contributed by atoms with Crippen molar-refractivity contribution in [3.63, 3.8) is 0 Å². The zero-order valence-electron chi connectivity index (χ0n) is 15.5. The summed E-state index contributed by atoms with van der Waals surface area (Å²) in [7, 11) is 1.66. The van der Waals surface area contributed by atoms with Gasteiger partial charge in [0.1, 0.15) is 18.1 Å². The predicted octanol–water partition coefficient (Wildman–Crippen LogP) is 3.41. The SMILES string of the molecule is COc1ccc(Cc2nc3ccccc3n2CC(=O)NCC(C)C)cc1. The molecule has 1 aromatic heterocycles. The second-order valence-electron chi connectivity index (χ2n) is 6.83. The minimum atomic E-state index is 0.0119. The fourth-order valence-electron chi connectivity index (χ4n) is 2.88. The van der Waals surface area contributed by atoms with Gasteiger partial charge in [-0.15, -0.1) is 0 Å². The Labute approximate surface area is 154 Å². The monoisotopic (exact) mass is 351 g/mol. The Morgan fingerprint density at radius 1 is 1.15 bits per heavy atom. The average Bonchev–Trinajstić information content (AvgIpc) is 2.98. The van der Waals surface area contributed by atoms with Gasteiger partial charge >= 0.3 is 0 Å². The van der Waals surface area contributed by atoms with Crippen LogP contribution in [0.25, 0.3) is 11.0 Å². The molecule has 5 nitrogen and oxygen atoms in total. The molecule has 0 aliphatic carbocycles. The largest absolute Gasteiger partial charge is 0.497 e. The van der Waals surface area contributed by atoms with Gasteiger partial charge in [-0.25, -0.2) is 4.98 Å². The second kappa shape index (κ2) is 8.04. The van der Waals surface area contributed by atoms with Gasteiger partial charge in [0.05, 0.1) is 18.1 Å². The Morgan fingerprint density at radius 2 is 1.88 bits per heavy atom. The summed E-state index contributed by atoms with van der Waals surface area (Å²) in [6.07, 6.45) is 0.663. The third kappa shape index (κ3) is 4.23. The van der Waals surface area contributed by atoms with Gasteiger partial charge in [0.15, 0.2) is 0 Å². The van der Waals surface area contributed by atoms with Crippen molar-refractivity contribution < 1.29 is 9.53 Å². The summed E-state index contributed by atoms with van der Waals surface area (Å²) in [5.74, 6) is 2.15. The zero-order chi connectivity index (χ0) is 18.5. The molecule has 0 radical (unpaired) electrons. The van der Waals surface area contributed by atoms with Crippen LogP contribution < -0.4 is 10.1 Å². The number of benzene rings is 2. The summed E-state index contributed by atoms with van der Waals surface area (Å²) >= 11 is 0. The molecule has 0 fully saturated rings. The first-order valence-electron chi connectivity index (χ1n) is 8.90. The minimum Gasteiger partial charge on any atom is -0.497 e. The number of para-hydroxylation sites is 2. The van der Waals surface area contributed by atoms with Crippen molar-refractivity contribution >= 4 is 16.9 Å². The van der Waals surface area contributed by atoms with Crippen LogP contribution >= 0.6 is 0 Å². The van der Waals surface area contributed by atoms with Crippen molar-refractivity contribution in [2.45, 2.75) is 26.8 Å². The highest BCUT2D eigenvalue weighted by Crippen LogP contribution is 2.20. The molecule has 0 bridgehead atoms. The van der Waals surface area contributed by atoms with E-state index in [0.29, 0.717) is 18.9 Å². The lowest BCUT2D eigenvalue weighted by Crippen LogP contribution is -2.31. The Kier molecular flexibility index (Phi) is 5.56. The normalized spacial score (nSPS) is 11.1. The molecule has 3 rings (SSSR count). The fourth-order valence-corrected chi connectivity index (χ4v) is 2.88. The highest BCUT2D eigenvalue weighted by atomic mass is 16.5. The molecule has 3 aromatic rings. The molecule has 0 aliphatic rings. The van der Waals surface area contributed by atoms with Gasteiger partial charge in [-0.3, -0.25) is 4.79 Å². The highest BCUT2D eigenvalue weighted by Gasteiger charge is 2.14. The van der Waals surface area contributed by atoms with Crippen LogP contribution in [-0.2, 0) is 17.8 Å². The maximum Gasteiger partial charge on any atom is 0.240 e. The minimum absolute atomic E-state index is 0.0119. The Morgan fingerprint density at radius 3 is 2.58 bits per heavy atom. The number of ether oxygens (including phenoxy) is 1. The zero-order valence-corrected chi connectivity index (χ0v) is 15.5. The summed E-state index contributed by atoms with van der Waals surface area (Å²) in [6, 6.07) is 15.9. The van der Waals surface area contributed by atoms with Gasteiger partial charge in [0.25, 0.3) is 0 Å². The third-order valence-corrected chi connectivity index (χ3v) is 4.26. The van der Waals surface area contributed by atoms with Crippen LogP contribution in [0.15, 0.2) is 48.5 Å². The molecule has 0 atom stereocenters. The van der Waals surface area contributed by atoms with Gasteiger partial charge < -0.3 is 14.6 Å². The summed E-state index contributed by atoms with van der Waals surface area (Å²) in [5.41, 5.74) is 3.02. The second-order valence-corrected chi connectivity index (χ2v) is 6.83. The number of imidazole rings is 1. The van der Waals surface area contributed by atoms with Gasteiger partial charge in [-0.05, 0) is 35.7 Å². The lowest BCUT2D eigenvalue weighted by atomic mass is 10.1. The lowest BCUT2D eigenvalue weighted by Gasteiger charge is -2.11. The molecule has 1 amide bonds. The molecule has 136 valence electrons. The van der Waals surface area contributed by atoms with Crippen LogP contribution in [0.2, 0.25) is 0 Å². The maximum atomic E-state index is 12.4. The summed E-state index contributed by atoms with van der Waals surface area (Å²) in [5, 5.41) is 2.99. The van der Waals surface area contributed by atoms with Crippen molar-refractivity contribution in [3.05, 3.63) is 59.9 Å². The molecule has 1 heterocycles. The Balaban J connectivity index is 1.87. The molecule has 26 heavy (non-hydrogen) atoms. The topological polar surface area (TPSA) is 56.2 Å². The molecule has 0 saturated heterocycles. The van der Waals surface area contributed by atoms with Crippen LogP contribution in [0.1, 0.15) is 25.2 Å². The number of hydrogen-bond acceptors (Lipinski definition) is 3. The first kappa shape index (κ1) is 18.0. The summed E-state index contributed by atoms with van der Waals surface area (Å²) in [6.45, 7) is 5.13. The van der Waals surface area contributed by atoms with Crippen LogP contribution in [-0.4, -0.2) is 29.1 Å². The average molecular weight is 351 g/mol. The van der Waals surface area contributed by atoms with Gasteiger partial charge in [-0.2, -0.15) is 0 Å². The van der Waals surface area contributed by atoms with E-state index in [1.165, 1.54) is 0 Å². The first-order chi connectivity index (χ1) is 12.6. The van der Waals surface area contributed by atoms with Crippen LogP contribution in [0.5, 0.6) is 5.75 Å². The quantitative estimate of drug-likeness (QED) is 0.710. The van der Waals surface area contributed by atoms with E-state index in [1.807, 2.05) is 53.1 Å². The lowest BCUT2D eigenvalue weighted by molar-refractivity contribution is -0.121. The number of hydrogen-bond donors (Lipinski definition) is 1. The van der Waals surface area contributed by atoms with E-state index in [2.05, 4.69) is 19.2 Å². The fraction of sp³-hybridized carbons (Fsp3) is 0.333. The van der Waals surface area contributed by atoms with Crippen molar-refractivity contribution in [3.8, 4) is 5.75 Å². The smallest absolute Gasteiger partial charge is 0.240 e. The molecule has 0 spiro atoms. The van der Waals surface area contributed by atoms with Gasteiger partial charge in [0.2, 0.25) is 5.91 Å². The van der Waals surface area contributed by atoms with E-state index in [-0.39, 0.29) is 12.5 Å². The number of rotatable bonds is 7. The van der Waals surface area contributed by atoms with Crippen molar-refractivity contribution in [2.24, 2.45) is 5.92 Å². The number of nitrogens with one attached hydrogen (secondary N) is 1. The van der Waals surface area contributed by atoms with E-state index < -0.39 is 0 Å². The van der Waals surface area contributed by atoms with Crippen molar-refractivity contribution in [1.29, 1.82) is 0 Å². The van der Waals surface area contributed by atoms with E-state index in [0.717, 1.165) is 28.2 Å². The molecule has 2 aromatic carbocycles. The number of methoxy groups -OCH3 is 1. The van der Waals surface area contributed by atoms with Crippen LogP contribution in [0, 0.1) is 5.92 Å². The van der Waals surface area contributed by atoms with E-state index in [1.54, 1.807) is 7.11 Å². The summed E-state index contributed by atoms with van der Waals surface area (Å²) < 4.78 is 7.23. The number of nitrogens with zero attached hydrogens (tertiary/aromatic N) is 2.